The highest BCUT2D eigenvalue weighted by Gasteiger charge is 2.17. The fourth-order valence-electron chi connectivity index (χ4n) is 2.29. The first-order valence-corrected chi connectivity index (χ1v) is 10.4. The van der Waals surface area contributed by atoms with Crippen LogP contribution < -0.4 is 0 Å². The van der Waals surface area contributed by atoms with Crippen molar-refractivity contribution < 1.29 is 12.8 Å². The van der Waals surface area contributed by atoms with Gasteiger partial charge in [-0.2, -0.15) is 0 Å². The van der Waals surface area contributed by atoms with E-state index in [0.29, 0.717) is 21.8 Å². The predicted octanol–water partition coefficient (Wildman–Crippen LogP) is 3.60. The van der Waals surface area contributed by atoms with Gasteiger partial charge >= 0.3 is 0 Å². The second kappa shape index (κ2) is 7.23. The van der Waals surface area contributed by atoms with Crippen LogP contribution in [0.15, 0.2) is 51.1 Å². The molecular formula is C16H16ClN3O3S2. The number of halogens is 1. The summed E-state index contributed by atoms with van der Waals surface area (Å²) in [5, 5.41) is 9.47. The van der Waals surface area contributed by atoms with Crippen LogP contribution in [0.4, 0.5) is 0 Å². The van der Waals surface area contributed by atoms with E-state index in [1.807, 2.05) is 24.6 Å². The number of nitrogens with zero attached hydrogens (tertiary/aromatic N) is 3. The van der Waals surface area contributed by atoms with Crippen molar-refractivity contribution in [2.24, 2.45) is 7.05 Å². The summed E-state index contributed by atoms with van der Waals surface area (Å²) in [5.41, 5.74) is 0.871. The molecule has 0 saturated carbocycles. The molecule has 25 heavy (non-hydrogen) atoms. The highest BCUT2D eigenvalue weighted by atomic mass is 35.5. The molecule has 0 N–H and O–H groups in total. The molecule has 132 valence electrons. The molecule has 3 rings (SSSR count). The largest absolute Gasteiger partial charge is 0.469 e. The quantitative estimate of drug-likeness (QED) is 0.591. The smallest absolute Gasteiger partial charge is 0.191 e. The van der Waals surface area contributed by atoms with Crippen LogP contribution in [0, 0.1) is 6.92 Å². The standard InChI is InChI=1S/C16H16ClN3O3S2/c1-11-14(7-8-23-11)15-18-19-16(20(15)2)24-9-10-25(21,22)13-5-3-12(17)4-6-13/h3-8H,9-10H2,1-2H3. The molecule has 0 spiro atoms. The van der Waals surface area contributed by atoms with Gasteiger partial charge in [0.25, 0.3) is 0 Å². The molecule has 0 aliphatic rings. The lowest BCUT2D eigenvalue weighted by Gasteiger charge is -2.05. The lowest BCUT2D eigenvalue weighted by Crippen LogP contribution is -2.09. The number of rotatable bonds is 6. The van der Waals surface area contributed by atoms with Crippen LogP contribution in [0.5, 0.6) is 0 Å². The molecule has 2 aromatic heterocycles. The van der Waals surface area contributed by atoms with Crippen LogP contribution in [-0.4, -0.2) is 34.7 Å². The maximum atomic E-state index is 12.3. The Morgan fingerprint density at radius 1 is 1.20 bits per heavy atom. The zero-order chi connectivity index (χ0) is 18.0. The zero-order valence-corrected chi connectivity index (χ0v) is 16.0. The number of sulfone groups is 1. The molecule has 2 heterocycles. The molecule has 0 aliphatic heterocycles. The minimum Gasteiger partial charge on any atom is -0.469 e. The third kappa shape index (κ3) is 3.91. The molecule has 9 heteroatoms. The number of hydrogen-bond donors (Lipinski definition) is 0. The van der Waals surface area contributed by atoms with Gasteiger partial charge in [0.15, 0.2) is 20.8 Å². The summed E-state index contributed by atoms with van der Waals surface area (Å²) in [4.78, 5) is 0.269. The average molecular weight is 398 g/mol. The van der Waals surface area contributed by atoms with Crippen molar-refractivity contribution in [1.29, 1.82) is 0 Å². The van der Waals surface area contributed by atoms with Crippen molar-refractivity contribution in [2.75, 3.05) is 11.5 Å². The van der Waals surface area contributed by atoms with Crippen molar-refractivity contribution in [3.63, 3.8) is 0 Å². The Hall–Kier alpha value is -1.77. The Morgan fingerprint density at radius 2 is 1.92 bits per heavy atom. The molecular weight excluding hydrogens is 382 g/mol. The van der Waals surface area contributed by atoms with E-state index >= 15 is 0 Å². The summed E-state index contributed by atoms with van der Waals surface area (Å²) in [6.07, 6.45) is 1.60. The third-order valence-electron chi connectivity index (χ3n) is 3.69. The normalized spacial score (nSPS) is 11.8. The highest BCUT2D eigenvalue weighted by Crippen LogP contribution is 2.26. The Balaban J connectivity index is 1.68. The number of furan rings is 1. The number of aryl methyl sites for hydroxylation is 1. The first kappa shape index (κ1) is 18.0. The van der Waals surface area contributed by atoms with E-state index in [0.717, 1.165) is 11.3 Å². The predicted molar refractivity (Wildman–Crippen MR) is 97.7 cm³/mol. The van der Waals surface area contributed by atoms with E-state index in [1.165, 1.54) is 23.9 Å². The van der Waals surface area contributed by atoms with E-state index in [9.17, 15) is 8.42 Å². The minimum absolute atomic E-state index is 0.00618. The lowest BCUT2D eigenvalue weighted by molar-refractivity contribution is 0.534. The van der Waals surface area contributed by atoms with Gasteiger partial charge in [0, 0.05) is 17.8 Å². The number of aromatic nitrogens is 3. The summed E-state index contributed by atoms with van der Waals surface area (Å²) in [5.74, 6) is 1.83. The van der Waals surface area contributed by atoms with Gasteiger partial charge in [-0.1, -0.05) is 23.4 Å². The van der Waals surface area contributed by atoms with E-state index in [2.05, 4.69) is 10.2 Å². The molecule has 0 amide bonds. The summed E-state index contributed by atoms with van der Waals surface area (Å²) in [6, 6.07) is 8.02. The Labute approximate surface area is 155 Å². The Bertz CT molecular complexity index is 978. The Morgan fingerprint density at radius 3 is 2.56 bits per heavy atom. The molecule has 0 unspecified atom stereocenters. The van der Waals surface area contributed by atoms with Crippen LogP contribution in [-0.2, 0) is 16.9 Å². The molecule has 1 aromatic carbocycles. The molecule has 0 fully saturated rings. The summed E-state index contributed by atoms with van der Waals surface area (Å²) in [7, 11) is -1.51. The maximum absolute atomic E-state index is 12.3. The molecule has 6 nitrogen and oxygen atoms in total. The van der Waals surface area contributed by atoms with Crippen LogP contribution in [0.3, 0.4) is 0 Å². The highest BCUT2D eigenvalue weighted by molar-refractivity contribution is 8.00. The van der Waals surface area contributed by atoms with Crippen molar-refractivity contribution in [1.82, 2.24) is 14.8 Å². The van der Waals surface area contributed by atoms with Crippen LogP contribution in [0.1, 0.15) is 5.76 Å². The summed E-state index contributed by atoms with van der Waals surface area (Å²) in [6.45, 7) is 1.86. The van der Waals surface area contributed by atoms with E-state index < -0.39 is 9.84 Å². The van der Waals surface area contributed by atoms with Gasteiger partial charge in [0.2, 0.25) is 0 Å². The fourth-order valence-corrected chi connectivity index (χ4v) is 4.98. The zero-order valence-electron chi connectivity index (χ0n) is 13.6. The van der Waals surface area contributed by atoms with Gasteiger partial charge in [-0.05, 0) is 37.3 Å². The van der Waals surface area contributed by atoms with Gasteiger partial charge in [0.1, 0.15) is 5.76 Å². The molecule has 0 radical (unpaired) electrons. The van der Waals surface area contributed by atoms with E-state index in [-0.39, 0.29) is 10.6 Å². The van der Waals surface area contributed by atoms with Gasteiger partial charge in [-0.15, -0.1) is 10.2 Å². The maximum Gasteiger partial charge on any atom is 0.191 e. The van der Waals surface area contributed by atoms with E-state index in [4.69, 9.17) is 16.0 Å². The minimum atomic E-state index is -3.36. The van der Waals surface area contributed by atoms with Crippen LogP contribution in [0.25, 0.3) is 11.4 Å². The SMILES string of the molecule is Cc1occc1-c1nnc(SCCS(=O)(=O)c2ccc(Cl)cc2)n1C. The first-order chi connectivity index (χ1) is 11.9. The number of thioether (sulfide) groups is 1. The van der Waals surface area contributed by atoms with Crippen LogP contribution >= 0.6 is 23.4 Å². The molecule has 0 saturated heterocycles. The lowest BCUT2D eigenvalue weighted by atomic mass is 10.2. The Kier molecular flexibility index (Phi) is 5.21. The van der Waals surface area contributed by atoms with Gasteiger partial charge < -0.3 is 8.98 Å². The first-order valence-electron chi connectivity index (χ1n) is 7.43. The second-order valence-electron chi connectivity index (χ2n) is 5.38. The van der Waals surface area contributed by atoms with Gasteiger partial charge in [0.05, 0.1) is 22.5 Å². The van der Waals surface area contributed by atoms with Crippen molar-refractivity contribution >= 4 is 33.2 Å². The van der Waals surface area contributed by atoms with Gasteiger partial charge in [-0.3, -0.25) is 0 Å². The van der Waals surface area contributed by atoms with Crippen molar-refractivity contribution in [3.8, 4) is 11.4 Å². The third-order valence-corrected chi connectivity index (χ3v) is 6.95. The molecule has 0 aliphatic carbocycles. The van der Waals surface area contributed by atoms with Crippen molar-refractivity contribution in [3.05, 3.63) is 47.4 Å². The van der Waals surface area contributed by atoms with Gasteiger partial charge in [-0.25, -0.2) is 8.42 Å². The second-order valence-corrected chi connectivity index (χ2v) is 8.98. The molecule has 0 atom stereocenters. The van der Waals surface area contributed by atoms with Crippen LogP contribution in [0.2, 0.25) is 5.02 Å². The summed E-state index contributed by atoms with van der Waals surface area (Å²) >= 11 is 7.14. The van der Waals surface area contributed by atoms with Crippen molar-refractivity contribution in [2.45, 2.75) is 17.0 Å². The fraction of sp³-hybridized carbons (Fsp3) is 0.250. The summed E-state index contributed by atoms with van der Waals surface area (Å²) < 4.78 is 31.8. The van der Waals surface area contributed by atoms with E-state index in [1.54, 1.807) is 18.4 Å². The molecule has 3 aromatic rings. The average Bonchev–Trinajstić information content (AvgIpc) is 3.14. The molecule has 0 bridgehead atoms. The monoisotopic (exact) mass is 397 g/mol. The number of hydrogen-bond acceptors (Lipinski definition) is 6. The topological polar surface area (TPSA) is 78.0 Å². The number of benzene rings is 1.